The first-order valence-electron chi connectivity index (χ1n) is 43.8. The van der Waals surface area contributed by atoms with Gasteiger partial charge >= 0.3 is 23.9 Å². The van der Waals surface area contributed by atoms with Crippen molar-refractivity contribution < 1.29 is 132 Å². The monoisotopic (exact) mass is 1860 g/mol. The Morgan fingerprint density at radius 1 is 0.341 bits per heavy atom. The van der Waals surface area contributed by atoms with Crippen molar-refractivity contribution in [2.75, 3.05) is 13.2 Å². The molecule has 0 aliphatic carbocycles. The molecule has 18 atom stereocenters. The number of benzene rings is 3. The Labute approximate surface area is 764 Å². The summed E-state index contributed by atoms with van der Waals surface area (Å²) in [4.78, 5) is 261. The first-order valence-corrected chi connectivity index (χ1v) is 43.8. The van der Waals surface area contributed by atoms with Gasteiger partial charge in [0.15, 0.2) is 0 Å². The number of hydrogen-bond acceptors (Lipinski definition) is 25. The Kier molecular flexibility index (Phi) is 49.1. The lowest BCUT2D eigenvalue weighted by molar-refractivity contribution is -0.144. The maximum atomic E-state index is 14.8. The van der Waals surface area contributed by atoms with E-state index in [9.17, 15) is 127 Å². The van der Waals surface area contributed by atoms with E-state index in [0.717, 1.165) is 6.92 Å². The first-order chi connectivity index (χ1) is 62.0. The number of hydrogen-bond donors (Lipinski definition) is 25. The number of primary amides is 1. The van der Waals surface area contributed by atoms with Gasteiger partial charge in [0.2, 0.25) is 88.6 Å². The van der Waals surface area contributed by atoms with Crippen molar-refractivity contribution in [3.8, 4) is 11.5 Å². The van der Waals surface area contributed by atoms with Crippen LogP contribution in [0.15, 0.2) is 78.9 Å². The van der Waals surface area contributed by atoms with Gasteiger partial charge < -0.3 is 132 Å². The summed E-state index contributed by atoms with van der Waals surface area (Å²) in [6.07, 6.45) is -7.21. The highest BCUT2D eigenvalue weighted by atomic mass is 16.4. The predicted octanol–water partition coefficient (Wildman–Crippen LogP) is -2.86. The summed E-state index contributed by atoms with van der Waals surface area (Å²) in [5.41, 5.74) is 19.0. The Morgan fingerprint density at radius 2 is 0.667 bits per heavy atom. The van der Waals surface area contributed by atoms with E-state index >= 15 is 0 Å². The third-order valence-electron chi connectivity index (χ3n) is 21.5. The number of amides is 15. The van der Waals surface area contributed by atoms with E-state index in [4.69, 9.17) is 22.3 Å². The summed E-state index contributed by atoms with van der Waals surface area (Å²) < 4.78 is 0. The van der Waals surface area contributed by atoms with Gasteiger partial charge in [-0.3, -0.25) is 86.3 Å². The lowest BCUT2D eigenvalue weighted by atomic mass is 9.95. The predicted molar refractivity (Wildman–Crippen MR) is 475 cm³/mol. The molecule has 0 aliphatic heterocycles. The molecule has 15 amide bonds. The summed E-state index contributed by atoms with van der Waals surface area (Å²) in [7, 11) is 0. The van der Waals surface area contributed by atoms with Crippen molar-refractivity contribution in [1.29, 1.82) is 0 Å². The van der Waals surface area contributed by atoms with Crippen LogP contribution < -0.4 is 91.6 Å². The molecule has 3 aromatic rings. The third-order valence-corrected chi connectivity index (χ3v) is 21.5. The number of aliphatic hydroxyl groups excluding tert-OH is 2. The molecule has 0 unspecified atom stereocenters. The van der Waals surface area contributed by atoms with Crippen LogP contribution in [0, 0.1) is 29.6 Å². The molecular weight excluding hydrogens is 1730 g/mol. The van der Waals surface area contributed by atoms with Crippen molar-refractivity contribution in [3.63, 3.8) is 0 Å². The van der Waals surface area contributed by atoms with Crippen molar-refractivity contribution >= 4 is 112 Å². The highest BCUT2D eigenvalue weighted by molar-refractivity contribution is 6.01. The van der Waals surface area contributed by atoms with E-state index in [0.29, 0.717) is 16.7 Å². The van der Waals surface area contributed by atoms with Crippen LogP contribution in [0.3, 0.4) is 0 Å². The number of aromatic hydroxyl groups is 2. The average molecular weight is 1860 g/mol. The lowest BCUT2D eigenvalue weighted by Crippen LogP contribution is -2.63. The summed E-state index contributed by atoms with van der Waals surface area (Å²) in [5.74, 6) is -25.6. The molecule has 44 nitrogen and oxygen atoms in total. The van der Waals surface area contributed by atoms with E-state index in [2.05, 4.69) is 74.4 Å². The first kappa shape index (κ1) is 113. The number of aliphatic carboxylic acids is 4. The molecular formula is C88H133N17O27. The van der Waals surface area contributed by atoms with E-state index in [-0.39, 0.29) is 81.7 Å². The molecule has 28 N–H and O–H groups in total. The van der Waals surface area contributed by atoms with Gasteiger partial charge in [-0.15, -0.1) is 0 Å². The number of carbonyl (C=O) groups is 19. The van der Waals surface area contributed by atoms with Crippen LogP contribution in [-0.4, -0.2) is 263 Å². The molecule has 132 heavy (non-hydrogen) atoms. The van der Waals surface area contributed by atoms with Gasteiger partial charge in [-0.25, -0.2) is 4.79 Å². The van der Waals surface area contributed by atoms with E-state index in [1.807, 2.05) is 0 Å². The van der Waals surface area contributed by atoms with Gasteiger partial charge in [-0.2, -0.15) is 0 Å². The number of carboxylic acid groups (broad SMARTS) is 4. The fraction of sp³-hybridized carbons (Fsp3) is 0.580. The lowest BCUT2D eigenvalue weighted by Gasteiger charge is -2.31. The Bertz CT molecular complexity index is 4390. The molecule has 0 fully saturated rings. The van der Waals surface area contributed by atoms with Crippen LogP contribution in [0.2, 0.25) is 0 Å². The zero-order valence-corrected chi connectivity index (χ0v) is 76.1. The highest BCUT2D eigenvalue weighted by Crippen LogP contribution is 2.20. The maximum absolute atomic E-state index is 14.8. The second kappa shape index (κ2) is 57.3. The number of carbonyl (C=O) groups excluding carboxylic acids is 15. The normalized spacial score (nSPS) is 15.3. The molecule has 0 saturated carbocycles. The number of aliphatic hydroxyl groups is 2. The summed E-state index contributed by atoms with van der Waals surface area (Å²) in [6, 6.07) is -5.46. The van der Waals surface area contributed by atoms with E-state index in [1.165, 1.54) is 43.3 Å². The van der Waals surface area contributed by atoms with Crippen LogP contribution in [0.1, 0.15) is 183 Å². The van der Waals surface area contributed by atoms with Gasteiger partial charge in [0.1, 0.15) is 96.1 Å². The van der Waals surface area contributed by atoms with Crippen molar-refractivity contribution in [2.45, 2.75) is 282 Å². The minimum atomic E-state index is -2.02. The van der Waals surface area contributed by atoms with Gasteiger partial charge in [-0.1, -0.05) is 137 Å². The van der Waals surface area contributed by atoms with Gasteiger partial charge in [0.05, 0.1) is 25.2 Å². The SMILES string of the molecule is CC[C@H](C)[C@H](NC(=O)[C@H](CCC(=O)O)NC(=O)[C@H](CCCCN)NC(=O)[C@H](CC(C)C)NC(=O)[C@@H](NC(=O)[C@H](Cc1ccccc1)NC(=O)[C@H](CC(=O)O)NC(=O)[C@@H](NC(=O)[C@@H](NC(=O)[C@H](Cc1ccc(O)cc1)NC(=O)[C@@H](N)Cc1ccc(O)cc1)C(C)C)[C@@H](C)CC)[C@@H](C)O)C(=O)N[C@@H](CCC(N)=O)C(=O)N[C@@H](CO)C(=O)N[C@@H](CC(C)C)C(=O)N[C@@H](CCC(=O)O)C(=O)O. The second-order valence-corrected chi connectivity index (χ2v) is 33.9. The molecule has 0 radical (unpaired) electrons. The fourth-order valence-electron chi connectivity index (χ4n) is 13.5. The minimum absolute atomic E-state index is 0.00666. The molecule has 0 heterocycles. The fourth-order valence-corrected chi connectivity index (χ4v) is 13.5. The van der Waals surface area contributed by atoms with E-state index < -0.39 is 291 Å². The number of phenolic OH excluding ortho intramolecular Hbond substituents is 2. The quantitative estimate of drug-likeness (QED) is 0.0253. The molecule has 0 aromatic heterocycles. The van der Waals surface area contributed by atoms with Crippen LogP contribution in [0.25, 0.3) is 0 Å². The Morgan fingerprint density at radius 3 is 1.09 bits per heavy atom. The zero-order chi connectivity index (χ0) is 99.5. The van der Waals surface area contributed by atoms with Crippen molar-refractivity contribution in [2.24, 2.45) is 46.8 Å². The molecule has 0 bridgehead atoms. The number of rotatable bonds is 61. The largest absolute Gasteiger partial charge is 0.508 e. The van der Waals surface area contributed by atoms with Crippen LogP contribution in [0.5, 0.6) is 11.5 Å². The van der Waals surface area contributed by atoms with Gasteiger partial charge in [0, 0.05) is 32.1 Å². The van der Waals surface area contributed by atoms with Crippen molar-refractivity contribution in [3.05, 3.63) is 95.6 Å². The number of nitrogens with two attached hydrogens (primary N) is 3. The van der Waals surface area contributed by atoms with Crippen molar-refractivity contribution in [1.82, 2.24) is 74.4 Å². The van der Waals surface area contributed by atoms with Crippen LogP contribution in [-0.2, 0) is 110 Å². The molecule has 44 heteroatoms. The summed E-state index contributed by atoms with van der Waals surface area (Å²) in [6.45, 7) is 16.0. The maximum Gasteiger partial charge on any atom is 0.326 e. The standard InChI is InChI=1S/C88H133N17O27/c1-12-47(9)71(85(128)94-57(30-33-66(91)110)76(119)101-65(43-106)83(126)97-60(37-44(3)4)79(122)95-59(88(131)132)32-35-68(113)114)103-77(120)58(31-34-67(111)112)93-75(118)56(21-17-18-36-89)92-78(121)61(38-45(5)6)99-87(130)73(49(11)107)105-82(125)63(40-50-19-15-14-16-20-50)98-80(123)64(42-69(115)116)100-86(129)72(48(10)13-2)104-84(127)70(46(7)8)102-81(124)62(41-52-24-28-54(109)29-25-52)96-74(117)55(90)39-51-22-26-53(108)27-23-51/h14-16,19-20,22-29,44-49,55-65,70-73,106-109H,12-13,17-18,21,30-43,89-90H2,1-11H3,(H2,91,110)(H,92,121)(H,93,118)(H,94,128)(H,95,122)(H,96,117)(H,97,126)(H,98,123)(H,99,130)(H,100,129)(H,101,119)(H,102,124)(H,103,120)(H,104,127)(H,105,125)(H,111,112)(H,113,114)(H,115,116)(H,131,132)/t47-,48-,49+,55-,56-,57-,58-,59-,60-,61-,62-,63-,64-,65-,70-,71-,72-,73-/m0/s1. The summed E-state index contributed by atoms with van der Waals surface area (Å²) in [5, 5.41) is 115. The van der Waals surface area contributed by atoms with Crippen LogP contribution >= 0.6 is 0 Å². The Hall–Kier alpha value is -13.0. The smallest absolute Gasteiger partial charge is 0.326 e. The molecule has 0 saturated heterocycles. The number of phenols is 2. The molecule has 3 rings (SSSR count). The third kappa shape index (κ3) is 40.6. The van der Waals surface area contributed by atoms with Gasteiger partial charge in [0.25, 0.3) is 0 Å². The number of carboxylic acids is 4. The second-order valence-electron chi connectivity index (χ2n) is 33.9. The zero-order valence-electron chi connectivity index (χ0n) is 76.1. The molecule has 3 aromatic carbocycles. The van der Waals surface area contributed by atoms with E-state index in [1.54, 1.807) is 105 Å². The number of unbranched alkanes of at least 4 members (excludes halogenated alkanes) is 1. The highest BCUT2D eigenvalue weighted by Gasteiger charge is 2.42. The molecule has 0 spiro atoms. The summed E-state index contributed by atoms with van der Waals surface area (Å²) >= 11 is 0. The Balaban J connectivity index is 1.97. The van der Waals surface area contributed by atoms with Gasteiger partial charge in [-0.05, 0) is 142 Å². The topological polar surface area (TPSA) is 733 Å². The minimum Gasteiger partial charge on any atom is -0.508 e. The average Bonchev–Trinajstić information content (AvgIpc) is 0.841. The van der Waals surface area contributed by atoms with Crippen LogP contribution in [0.4, 0.5) is 0 Å². The number of nitrogens with one attached hydrogen (secondary N) is 14. The molecule has 732 valence electrons. The molecule has 0 aliphatic rings.